The number of pyridine rings is 1. The number of rotatable bonds is 3. The first-order valence-electron chi connectivity index (χ1n) is 7.50. The fourth-order valence-electron chi connectivity index (χ4n) is 3.94. The number of aromatic nitrogens is 1. The Kier molecular flexibility index (Phi) is 3.53. The van der Waals surface area contributed by atoms with Crippen LogP contribution in [0.2, 0.25) is 0 Å². The smallest absolute Gasteiger partial charge is 0.248 e. The van der Waals surface area contributed by atoms with Gasteiger partial charge in [0.2, 0.25) is 5.92 Å². The molecule has 3 rings (SSSR count). The molecule has 0 saturated heterocycles. The highest BCUT2D eigenvalue weighted by Gasteiger charge is 2.52. The first-order valence-corrected chi connectivity index (χ1v) is 7.50. The fourth-order valence-corrected chi connectivity index (χ4v) is 3.94. The summed E-state index contributed by atoms with van der Waals surface area (Å²) in [6.45, 7) is 0. The lowest BCUT2D eigenvalue weighted by molar-refractivity contribution is -0.126. The van der Waals surface area contributed by atoms with Gasteiger partial charge in [-0.25, -0.2) is 8.78 Å². The second kappa shape index (κ2) is 5.06. The Morgan fingerprint density at radius 1 is 1.15 bits per heavy atom. The summed E-state index contributed by atoms with van der Waals surface area (Å²) in [5.74, 6) is -2.30. The summed E-state index contributed by atoms with van der Waals surface area (Å²) in [6.07, 6.45) is 4.99. The molecule has 0 bridgehead atoms. The van der Waals surface area contributed by atoms with Crippen LogP contribution in [0, 0.1) is 11.3 Å². The molecule has 1 aromatic rings. The third-order valence-electron chi connectivity index (χ3n) is 5.33. The molecule has 0 amide bonds. The number of alkyl halides is 2. The molecule has 0 spiro atoms. The first kappa shape index (κ1) is 13.9. The molecule has 1 unspecified atom stereocenters. The van der Waals surface area contributed by atoms with Crippen molar-refractivity contribution in [1.29, 1.82) is 0 Å². The Balaban J connectivity index is 1.78. The lowest BCUT2D eigenvalue weighted by Crippen LogP contribution is -2.45. The van der Waals surface area contributed by atoms with E-state index in [1.54, 1.807) is 6.20 Å². The minimum atomic E-state index is -2.50. The van der Waals surface area contributed by atoms with Crippen molar-refractivity contribution in [2.24, 2.45) is 11.3 Å². The van der Waals surface area contributed by atoms with E-state index < -0.39 is 12.0 Å². The zero-order valence-corrected chi connectivity index (χ0v) is 11.6. The highest BCUT2D eigenvalue weighted by Crippen LogP contribution is 2.59. The van der Waals surface area contributed by atoms with Gasteiger partial charge >= 0.3 is 0 Å². The van der Waals surface area contributed by atoms with Crippen molar-refractivity contribution >= 4 is 0 Å². The Morgan fingerprint density at radius 2 is 1.85 bits per heavy atom. The summed E-state index contributed by atoms with van der Waals surface area (Å²) in [5.41, 5.74) is 0.467. The van der Waals surface area contributed by atoms with Crippen LogP contribution in [0.5, 0.6) is 0 Å². The van der Waals surface area contributed by atoms with Gasteiger partial charge in [-0.1, -0.05) is 12.5 Å². The average Bonchev–Trinajstić information content (AvgIpc) is 2.40. The third-order valence-corrected chi connectivity index (χ3v) is 5.33. The second-order valence-corrected chi connectivity index (χ2v) is 6.37. The van der Waals surface area contributed by atoms with Gasteiger partial charge in [-0.05, 0) is 43.7 Å². The molecule has 2 fully saturated rings. The Bertz CT molecular complexity index is 449. The fraction of sp³-hybridized carbons (Fsp3) is 0.688. The molecule has 0 radical (unpaired) electrons. The van der Waals surface area contributed by atoms with Crippen molar-refractivity contribution in [2.75, 3.05) is 0 Å². The van der Waals surface area contributed by atoms with E-state index >= 15 is 0 Å². The zero-order valence-electron chi connectivity index (χ0n) is 11.6. The molecular formula is C16H21F2NO. The van der Waals surface area contributed by atoms with Gasteiger partial charge in [0.1, 0.15) is 6.10 Å². The average molecular weight is 281 g/mol. The number of halogens is 2. The van der Waals surface area contributed by atoms with Gasteiger partial charge in [-0.3, -0.25) is 4.98 Å². The van der Waals surface area contributed by atoms with Crippen LogP contribution in [-0.2, 0) is 0 Å². The van der Waals surface area contributed by atoms with Crippen molar-refractivity contribution in [2.45, 2.75) is 57.0 Å². The van der Waals surface area contributed by atoms with Crippen LogP contribution in [0.1, 0.15) is 56.7 Å². The van der Waals surface area contributed by atoms with E-state index in [0.29, 0.717) is 18.5 Å². The van der Waals surface area contributed by atoms with E-state index in [0.717, 1.165) is 19.3 Å². The molecule has 1 N–H and O–H groups in total. The summed E-state index contributed by atoms with van der Waals surface area (Å²) < 4.78 is 26.7. The molecule has 0 aromatic carbocycles. The number of hydrogen-bond acceptors (Lipinski definition) is 2. The molecule has 2 nitrogen and oxygen atoms in total. The number of nitrogens with zero attached hydrogens (tertiary/aromatic N) is 1. The maximum Gasteiger partial charge on any atom is 0.248 e. The molecule has 1 aromatic heterocycles. The van der Waals surface area contributed by atoms with E-state index in [-0.39, 0.29) is 24.2 Å². The Labute approximate surface area is 118 Å². The molecule has 20 heavy (non-hydrogen) atoms. The van der Waals surface area contributed by atoms with Crippen LogP contribution in [0.3, 0.4) is 0 Å². The first-order chi connectivity index (χ1) is 9.54. The lowest BCUT2D eigenvalue weighted by Gasteiger charge is -2.52. The van der Waals surface area contributed by atoms with Gasteiger partial charge < -0.3 is 5.11 Å². The van der Waals surface area contributed by atoms with E-state index in [1.165, 1.54) is 0 Å². The monoisotopic (exact) mass is 281 g/mol. The molecule has 2 aliphatic rings. The highest BCUT2D eigenvalue weighted by molar-refractivity contribution is 5.14. The summed E-state index contributed by atoms with van der Waals surface area (Å²) in [4.78, 5) is 4.25. The number of aliphatic hydroxyl groups excluding tert-OH is 1. The van der Waals surface area contributed by atoms with Crippen molar-refractivity contribution in [3.05, 3.63) is 30.1 Å². The zero-order chi connectivity index (χ0) is 14.2. The molecule has 2 saturated carbocycles. The molecule has 1 atom stereocenters. The third kappa shape index (κ3) is 2.34. The SMILES string of the molecule is OC(c1ccccn1)C1(C2CCC(F)(F)CC2)CCC1. The summed E-state index contributed by atoms with van der Waals surface area (Å²) in [5, 5.41) is 10.7. The normalized spacial score (nSPS) is 26.8. The maximum absolute atomic E-state index is 13.3. The molecule has 4 heteroatoms. The predicted molar refractivity (Wildman–Crippen MR) is 72.4 cm³/mol. The topological polar surface area (TPSA) is 33.1 Å². The lowest BCUT2D eigenvalue weighted by atomic mass is 9.54. The Morgan fingerprint density at radius 3 is 2.35 bits per heavy atom. The minimum absolute atomic E-state index is 0.0334. The van der Waals surface area contributed by atoms with Crippen LogP contribution in [0.15, 0.2) is 24.4 Å². The van der Waals surface area contributed by atoms with Gasteiger partial charge in [0.15, 0.2) is 0 Å². The molecule has 0 aliphatic heterocycles. The van der Waals surface area contributed by atoms with Gasteiger partial charge in [-0.2, -0.15) is 0 Å². The predicted octanol–water partition coefficient (Wildman–Crippen LogP) is 4.11. The number of aliphatic hydroxyl groups is 1. The van der Waals surface area contributed by atoms with E-state index in [2.05, 4.69) is 4.98 Å². The van der Waals surface area contributed by atoms with E-state index in [9.17, 15) is 13.9 Å². The van der Waals surface area contributed by atoms with Crippen molar-refractivity contribution in [1.82, 2.24) is 4.98 Å². The van der Waals surface area contributed by atoms with Crippen LogP contribution >= 0.6 is 0 Å². The summed E-state index contributed by atoms with van der Waals surface area (Å²) in [6, 6.07) is 5.53. The van der Waals surface area contributed by atoms with Crippen molar-refractivity contribution in [3.8, 4) is 0 Å². The van der Waals surface area contributed by atoms with Gasteiger partial charge in [-0.15, -0.1) is 0 Å². The largest absolute Gasteiger partial charge is 0.386 e. The molecular weight excluding hydrogens is 260 g/mol. The molecule has 110 valence electrons. The van der Waals surface area contributed by atoms with Gasteiger partial charge in [0, 0.05) is 24.5 Å². The van der Waals surface area contributed by atoms with Crippen molar-refractivity contribution < 1.29 is 13.9 Å². The minimum Gasteiger partial charge on any atom is -0.386 e. The standard InChI is InChI=1S/C16H21F2NO/c17-16(18)9-5-12(6-10-16)15(7-3-8-15)14(20)13-4-1-2-11-19-13/h1-2,4,11-12,14,20H,3,5-10H2. The molecule has 2 aliphatic carbocycles. The number of hydrogen-bond donors (Lipinski definition) is 1. The van der Waals surface area contributed by atoms with Gasteiger partial charge in [0.05, 0.1) is 5.69 Å². The summed E-state index contributed by atoms with van der Waals surface area (Å²) >= 11 is 0. The van der Waals surface area contributed by atoms with E-state index in [4.69, 9.17) is 0 Å². The van der Waals surface area contributed by atoms with Crippen LogP contribution in [-0.4, -0.2) is 16.0 Å². The Hall–Kier alpha value is -1.03. The van der Waals surface area contributed by atoms with Crippen LogP contribution in [0.4, 0.5) is 8.78 Å². The van der Waals surface area contributed by atoms with E-state index in [1.807, 2.05) is 18.2 Å². The van der Waals surface area contributed by atoms with Crippen LogP contribution < -0.4 is 0 Å². The highest BCUT2D eigenvalue weighted by atomic mass is 19.3. The van der Waals surface area contributed by atoms with Gasteiger partial charge in [0.25, 0.3) is 0 Å². The second-order valence-electron chi connectivity index (χ2n) is 6.37. The van der Waals surface area contributed by atoms with Crippen LogP contribution in [0.25, 0.3) is 0 Å². The quantitative estimate of drug-likeness (QED) is 0.904. The van der Waals surface area contributed by atoms with Crippen molar-refractivity contribution in [3.63, 3.8) is 0 Å². The maximum atomic E-state index is 13.3. The molecule has 1 heterocycles. The summed E-state index contributed by atoms with van der Waals surface area (Å²) in [7, 11) is 0.